The van der Waals surface area contributed by atoms with Gasteiger partial charge in [0.2, 0.25) is 29.5 Å². The largest absolute Gasteiger partial charge is 0.392 e. The number of nitrogens with zero attached hydrogens (tertiary/aromatic N) is 9. The number of nitriles is 3. The number of carbonyl (C=O) groups is 6. The first-order valence-electron chi connectivity index (χ1n) is 38.5. The van der Waals surface area contributed by atoms with Crippen LogP contribution in [0.25, 0.3) is 33.4 Å². The molecule has 7 amide bonds. The fourth-order valence-electron chi connectivity index (χ4n) is 13.6. The monoisotopic (exact) mass is 1680 g/mol. The smallest absolute Gasteiger partial charge is 0.317 e. The molecule has 9 aromatic carbocycles. The lowest BCUT2D eigenvalue weighted by molar-refractivity contribution is -0.138. The van der Waals surface area contributed by atoms with Gasteiger partial charge in [-0.25, -0.2) is 4.79 Å². The number of β-amino-alcohol motifs (C(OH)–C–C–N with tert-alkyl or cyclic N) is 1. The number of urea groups is 1. The standard InChI is InChI=1S/C31H32Cl2N4O3.C30H31Cl2N5O2.C29H28Cl2N4O2/c1-21(31(40)35-28-17-26(32)16-27(33)18-28)37(30(39)11-13-36-12-10-29(38)20-36)14-9-22-5-7-24(8-6-22)25-4-2-3-23(15-25)19-34;31-26-17-27(32)19-28(18-26)35-29(38)21-37(30(39)34-11-15-36-12-1-2-13-36)14-10-22-6-8-24(9-7-22)25-5-3-4-23(16-25)20-33;30-25-16-26(31)18-27(17-25)33-28(36)20-35(29(37)10-13-34-11-2-12-34)14-9-21-5-7-23(8-6-21)24-4-1-3-22(15-24)19-32/h2-8,15-18,21,29,38H,9-14,20H2,1H3,(H,35,40);3-9,16-19H,1-2,10-15,21H2,(H,34,39)(H,35,38);1,3-8,15-18H,2,9-14,20H2,(H,33,36)/t21?,29-;;/m0../s1. The number of amides is 7. The number of rotatable bonds is 30. The molecule has 5 N–H and O–H groups in total. The summed E-state index contributed by atoms with van der Waals surface area (Å²) < 4.78 is 0. The predicted octanol–water partition coefficient (Wildman–Crippen LogP) is 16.8. The Balaban J connectivity index is 0.000000184. The predicted molar refractivity (Wildman–Crippen MR) is 462 cm³/mol. The molecule has 12 rings (SSSR count). The van der Waals surface area contributed by atoms with Gasteiger partial charge in [0.1, 0.15) is 12.6 Å². The molecule has 2 atom stereocenters. The molecule has 3 fully saturated rings. The summed E-state index contributed by atoms with van der Waals surface area (Å²) >= 11 is 36.4. The number of carbonyl (C=O) groups excluding carboxylic acids is 6. The van der Waals surface area contributed by atoms with Crippen LogP contribution in [0.15, 0.2) is 200 Å². The number of aliphatic hydroxyl groups is 1. The SMILES string of the molecule is CC(C(=O)Nc1cc(Cl)cc(Cl)c1)N(CCc1ccc(-c2cccc(C#N)c2)cc1)C(=O)CCN1CC[C@H](O)C1.N#Cc1cccc(-c2ccc(CCN(CC(=O)Nc3cc(Cl)cc(Cl)c3)C(=O)CCN3CCC3)cc2)c1.N#Cc1cccc(-c2ccc(CCN(CC(=O)Nc3cc(Cl)cc(Cl)c3)C(=O)NCCN3CCCC3)cc2)c1. The maximum absolute atomic E-state index is 13.4. The fourth-order valence-corrected chi connectivity index (χ4v) is 15.2. The van der Waals surface area contributed by atoms with Gasteiger partial charge in [-0.2, -0.15) is 15.8 Å². The molecule has 0 bridgehead atoms. The summed E-state index contributed by atoms with van der Waals surface area (Å²) in [5, 5.41) is 51.2. The summed E-state index contributed by atoms with van der Waals surface area (Å²) in [6.45, 7) is 10.7. The third-order valence-electron chi connectivity index (χ3n) is 20.1. The van der Waals surface area contributed by atoms with Crippen LogP contribution in [0.3, 0.4) is 0 Å². The van der Waals surface area contributed by atoms with Gasteiger partial charge in [0.25, 0.3) is 0 Å². The molecule has 0 radical (unpaired) electrons. The van der Waals surface area contributed by atoms with Crippen LogP contribution in [-0.2, 0) is 43.2 Å². The van der Waals surface area contributed by atoms with E-state index in [1.54, 1.807) is 89.5 Å². The minimum Gasteiger partial charge on any atom is -0.392 e. The number of halogens is 6. The van der Waals surface area contributed by atoms with Crippen LogP contribution in [-0.4, -0.2) is 180 Å². The van der Waals surface area contributed by atoms with Gasteiger partial charge in [-0.15, -0.1) is 0 Å². The van der Waals surface area contributed by atoms with Crippen molar-refractivity contribution < 1.29 is 33.9 Å². The van der Waals surface area contributed by atoms with E-state index in [1.165, 1.54) is 24.2 Å². The Bertz CT molecular complexity index is 4950. The topological polar surface area (TPSA) is 262 Å². The van der Waals surface area contributed by atoms with Crippen molar-refractivity contribution in [2.24, 2.45) is 0 Å². The van der Waals surface area contributed by atoms with Crippen molar-refractivity contribution in [3.05, 3.63) is 264 Å². The van der Waals surface area contributed by atoms with Gasteiger partial charge < -0.3 is 55.8 Å². The first kappa shape index (κ1) is 88.0. The second-order valence-electron chi connectivity index (χ2n) is 28.7. The van der Waals surface area contributed by atoms with Crippen molar-refractivity contribution in [3.8, 4) is 51.6 Å². The summed E-state index contributed by atoms with van der Waals surface area (Å²) in [6.07, 6.45) is 6.28. The first-order valence-corrected chi connectivity index (χ1v) is 40.8. The quantitative estimate of drug-likeness (QED) is 0.0281. The number of hydrogen-bond donors (Lipinski definition) is 5. The van der Waals surface area contributed by atoms with Gasteiger partial charge in [-0.3, -0.25) is 24.0 Å². The van der Waals surface area contributed by atoms with Gasteiger partial charge in [0.05, 0.1) is 47.5 Å². The lowest BCUT2D eigenvalue weighted by atomic mass is 10.0. The summed E-state index contributed by atoms with van der Waals surface area (Å²) in [6, 6.07) is 66.4. The van der Waals surface area contributed by atoms with Gasteiger partial charge in [0.15, 0.2) is 0 Å². The molecule has 3 aliphatic rings. The van der Waals surface area contributed by atoms with E-state index in [-0.39, 0.29) is 61.2 Å². The average molecular weight is 1680 g/mol. The van der Waals surface area contributed by atoms with Crippen molar-refractivity contribution in [3.63, 3.8) is 0 Å². The molecule has 3 aliphatic heterocycles. The Kier molecular flexibility index (Phi) is 33.9. The van der Waals surface area contributed by atoms with Crippen LogP contribution in [0.4, 0.5) is 21.9 Å². The number of aliphatic hydroxyl groups excluding tert-OH is 1. The van der Waals surface area contributed by atoms with Crippen LogP contribution >= 0.6 is 69.6 Å². The molecule has 0 spiro atoms. The summed E-state index contributed by atoms with van der Waals surface area (Å²) in [5.41, 5.74) is 12.3. The van der Waals surface area contributed by atoms with Crippen molar-refractivity contribution in [1.82, 2.24) is 34.7 Å². The number of nitrogens with one attached hydrogen (secondary N) is 4. The zero-order valence-corrected chi connectivity index (χ0v) is 68.9. The lowest BCUT2D eigenvalue weighted by Crippen LogP contribution is -2.47. The molecule has 20 nitrogen and oxygen atoms in total. The zero-order valence-electron chi connectivity index (χ0n) is 64.4. The normalized spacial score (nSPS) is 14.0. The maximum atomic E-state index is 13.4. The highest BCUT2D eigenvalue weighted by Gasteiger charge is 2.29. The molecule has 3 saturated heterocycles. The molecular weight excluding hydrogens is 1590 g/mol. The highest BCUT2D eigenvalue weighted by molar-refractivity contribution is 6.36. The van der Waals surface area contributed by atoms with E-state index in [4.69, 9.17) is 80.1 Å². The molecule has 600 valence electrons. The minimum atomic E-state index is -0.734. The van der Waals surface area contributed by atoms with E-state index in [2.05, 4.69) is 54.2 Å². The molecule has 26 heteroatoms. The second kappa shape index (κ2) is 44.7. The molecule has 0 saturated carbocycles. The van der Waals surface area contributed by atoms with Crippen molar-refractivity contribution >= 4 is 122 Å². The van der Waals surface area contributed by atoms with Gasteiger partial charge in [0, 0.05) is 119 Å². The van der Waals surface area contributed by atoms with Crippen LogP contribution in [0.5, 0.6) is 0 Å². The highest BCUT2D eigenvalue weighted by atomic mass is 35.5. The minimum absolute atomic E-state index is 0.0453. The maximum Gasteiger partial charge on any atom is 0.317 e. The molecule has 116 heavy (non-hydrogen) atoms. The van der Waals surface area contributed by atoms with Crippen LogP contribution in [0.1, 0.15) is 78.8 Å². The van der Waals surface area contributed by atoms with Gasteiger partial charge >= 0.3 is 6.03 Å². The summed E-state index contributed by atoms with van der Waals surface area (Å²) in [5.74, 6) is -1.15. The average Bonchev–Trinajstić information content (AvgIpc) is 1.20. The molecule has 1 unspecified atom stereocenters. The van der Waals surface area contributed by atoms with Crippen molar-refractivity contribution in [1.29, 1.82) is 15.8 Å². The Morgan fingerprint density at radius 2 is 0.819 bits per heavy atom. The Morgan fingerprint density at radius 3 is 1.22 bits per heavy atom. The number of anilines is 3. The molecule has 3 heterocycles. The summed E-state index contributed by atoms with van der Waals surface area (Å²) in [7, 11) is 0. The summed E-state index contributed by atoms with van der Waals surface area (Å²) in [4.78, 5) is 89.8. The molecular formula is C90H91Cl6N13O7. The van der Waals surface area contributed by atoms with E-state index in [1.807, 2.05) is 127 Å². The van der Waals surface area contributed by atoms with E-state index >= 15 is 0 Å². The Morgan fingerprint density at radius 1 is 0.440 bits per heavy atom. The van der Waals surface area contributed by atoms with Crippen LogP contribution in [0, 0.1) is 34.0 Å². The van der Waals surface area contributed by atoms with E-state index in [9.17, 15) is 39.1 Å². The number of benzene rings is 9. The Labute approximate surface area is 708 Å². The van der Waals surface area contributed by atoms with Gasteiger partial charge in [-0.05, 0) is 219 Å². The fraction of sp³-hybridized carbons (Fsp3) is 0.300. The van der Waals surface area contributed by atoms with Crippen molar-refractivity contribution in [2.45, 2.75) is 76.9 Å². The Hall–Kier alpha value is -10.4. The van der Waals surface area contributed by atoms with Crippen molar-refractivity contribution in [2.75, 3.05) is 114 Å². The third kappa shape index (κ3) is 28.2. The molecule has 0 aliphatic carbocycles. The van der Waals surface area contributed by atoms with Gasteiger partial charge in [-0.1, -0.05) is 179 Å². The van der Waals surface area contributed by atoms with Crippen LogP contribution in [0.2, 0.25) is 30.1 Å². The lowest BCUT2D eigenvalue weighted by Gasteiger charge is -2.31. The molecule has 9 aromatic rings. The second-order valence-corrected chi connectivity index (χ2v) is 31.3. The third-order valence-corrected chi connectivity index (χ3v) is 21.4. The highest BCUT2D eigenvalue weighted by Crippen LogP contribution is 2.29. The first-order chi connectivity index (χ1) is 56.0. The zero-order chi connectivity index (χ0) is 82.5. The van der Waals surface area contributed by atoms with E-state index in [0.717, 1.165) is 89.3 Å². The number of likely N-dealkylation sites (tertiary alicyclic amines) is 3. The van der Waals surface area contributed by atoms with Crippen LogP contribution < -0.4 is 21.3 Å². The van der Waals surface area contributed by atoms with E-state index in [0.29, 0.717) is 142 Å². The molecule has 0 aromatic heterocycles. The van der Waals surface area contributed by atoms with E-state index < -0.39 is 6.04 Å². The number of hydrogen-bond acceptors (Lipinski definition) is 13.